The van der Waals surface area contributed by atoms with Crippen LogP contribution in [-0.2, 0) is 23.8 Å². The second-order valence-electron chi connectivity index (χ2n) is 4.47. The maximum absolute atomic E-state index is 11.3. The van der Waals surface area contributed by atoms with Gasteiger partial charge in [0.15, 0.2) is 0 Å². The average molecular weight is 259 g/mol. The van der Waals surface area contributed by atoms with Crippen LogP contribution in [0.5, 0.6) is 0 Å². The molecule has 0 aromatic heterocycles. The van der Waals surface area contributed by atoms with E-state index >= 15 is 0 Å². The third-order valence-electron chi connectivity index (χ3n) is 2.94. The lowest BCUT2D eigenvalue weighted by Gasteiger charge is -2.23. The van der Waals surface area contributed by atoms with Crippen LogP contribution in [0, 0.1) is 0 Å². The van der Waals surface area contributed by atoms with Crippen molar-refractivity contribution in [2.75, 3.05) is 33.9 Å². The standard InChI is InChI=1S/C12H21NO5/c1-9-4-5-10(18-9)6-13(7-11(14)16-2)8-12(15)17-3/h9-10H,4-8H2,1-3H3. The summed E-state index contributed by atoms with van der Waals surface area (Å²) in [4.78, 5) is 24.2. The van der Waals surface area contributed by atoms with Gasteiger partial charge in [-0.15, -0.1) is 0 Å². The van der Waals surface area contributed by atoms with Crippen LogP contribution in [0.25, 0.3) is 0 Å². The molecule has 0 N–H and O–H groups in total. The predicted octanol–water partition coefficient (Wildman–Crippen LogP) is 0.202. The molecule has 1 fully saturated rings. The number of carbonyl (C=O) groups is 2. The Labute approximate surface area is 107 Å². The predicted molar refractivity (Wildman–Crippen MR) is 64.0 cm³/mol. The number of rotatable bonds is 6. The molecule has 18 heavy (non-hydrogen) atoms. The van der Waals surface area contributed by atoms with Crippen molar-refractivity contribution >= 4 is 11.9 Å². The van der Waals surface area contributed by atoms with Crippen molar-refractivity contribution < 1.29 is 23.8 Å². The molecule has 2 atom stereocenters. The summed E-state index contributed by atoms with van der Waals surface area (Å²) in [6.07, 6.45) is 2.26. The van der Waals surface area contributed by atoms with Gasteiger partial charge in [0, 0.05) is 6.54 Å². The Morgan fingerprint density at radius 2 is 1.72 bits per heavy atom. The summed E-state index contributed by atoms with van der Waals surface area (Å²) in [5, 5.41) is 0. The molecule has 1 rings (SSSR count). The summed E-state index contributed by atoms with van der Waals surface area (Å²) in [5.41, 5.74) is 0. The minimum atomic E-state index is -0.370. The van der Waals surface area contributed by atoms with Gasteiger partial charge in [-0.25, -0.2) is 0 Å². The average Bonchev–Trinajstić information content (AvgIpc) is 2.74. The highest BCUT2D eigenvalue weighted by Crippen LogP contribution is 2.19. The van der Waals surface area contributed by atoms with E-state index in [1.807, 2.05) is 6.92 Å². The zero-order valence-electron chi connectivity index (χ0n) is 11.2. The minimum absolute atomic E-state index is 0.0642. The Bertz CT molecular complexity index is 276. The molecule has 6 heteroatoms. The largest absolute Gasteiger partial charge is 0.468 e. The quantitative estimate of drug-likeness (QED) is 0.635. The number of hydrogen-bond acceptors (Lipinski definition) is 6. The summed E-state index contributed by atoms with van der Waals surface area (Å²) < 4.78 is 14.9. The molecule has 6 nitrogen and oxygen atoms in total. The van der Waals surface area contributed by atoms with E-state index in [9.17, 15) is 9.59 Å². The lowest BCUT2D eigenvalue weighted by Crippen LogP contribution is -2.40. The van der Waals surface area contributed by atoms with Gasteiger partial charge < -0.3 is 14.2 Å². The van der Waals surface area contributed by atoms with Gasteiger partial charge in [0.2, 0.25) is 0 Å². The van der Waals surface area contributed by atoms with Crippen molar-refractivity contribution in [1.29, 1.82) is 0 Å². The van der Waals surface area contributed by atoms with Gasteiger partial charge in [0.1, 0.15) is 0 Å². The first-order valence-electron chi connectivity index (χ1n) is 6.06. The molecule has 1 aliphatic rings. The van der Waals surface area contributed by atoms with E-state index in [2.05, 4.69) is 9.47 Å². The molecule has 2 unspecified atom stereocenters. The highest BCUT2D eigenvalue weighted by Gasteiger charge is 2.26. The van der Waals surface area contributed by atoms with Crippen molar-refractivity contribution in [3.63, 3.8) is 0 Å². The van der Waals surface area contributed by atoms with Gasteiger partial charge in [-0.05, 0) is 19.8 Å². The molecule has 1 heterocycles. The van der Waals surface area contributed by atoms with E-state index in [4.69, 9.17) is 4.74 Å². The van der Waals surface area contributed by atoms with E-state index < -0.39 is 0 Å². The van der Waals surface area contributed by atoms with Crippen molar-refractivity contribution in [1.82, 2.24) is 4.90 Å². The molecule has 1 aliphatic heterocycles. The Morgan fingerprint density at radius 3 is 2.11 bits per heavy atom. The smallest absolute Gasteiger partial charge is 0.319 e. The number of ether oxygens (including phenoxy) is 3. The summed E-state index contributed by atoms with van der Waals surface area (Å²) >= 11 is 0. The Kier molecular flexibility index (Phi) is 6.07. The van der Waals surface area contributed by atoms with Crippen molar-refractivity contribution in [2.24, 2.45) is 0 Å². The molecule has 0 saturated carbocycles. The van der Waals surface area contributed by atoms with Crippen molar-refractivity contribution in [3.8, 4) is 0 Å². The highest BCUT2D eigenvalue weighted by molar-refractivity contribution is 5.74. The maximum Gasteiger partial charge on any atom is 0.319 e. The van der Waals surface area contributed by atoms with Gasteiger partial charge in [-0.1, -0.05) is 0 Å². The Hall–Kier alpha value is -1.14. The van der Waals surface area contributed by atoms with Crippen LogP contribution in [0.15, 0.2) is 0 Å². The first-order chi connectivity index (χ1) is 8.55. The molecular weight excluding hydrogens is 238 g/mol. The lowest BCUT2D eigenvalue weighted by molar-refractivity contribution is -0.146. The highest BCUT2D eigenvalue weighted by atomic mass is 16.5. The summed E-state index contributed by atoms with van der Waals surface area (Å²) in [7, 11) is 2.65. The van der Waals surface area contributed by atoms with Crippen LogP contribution in [0.3, 0.4) is 0 Å². The third kappa shape index (κ3) is 5.01. The maximum atomic E-state index is 11.3. The van der Waals surface area contributed by atoms with E-state index in [-0.39, 0.29) is 37.2 Å². The van der Waals surface area contributed by atoms with Gasteiger partial charge in [0.05, 0.1) is 39.5 Å². The van der Waals surface area contributed by atoms with Crippen LogP contribution in [0.4, 0.5) is 0 Å². The first-order valence-corrected chi connectivity index (χ1v) is 6.06. The van der Waals surface area contributed by atoms with Gasteiger partial charge >= 0.3 is 11.9 Å². The molecule has 0 amide bonds. The van der Waals surface area contributed by atoms with Crippen LogP contribution in [0.1, 0.15) is 19.8 Å². The molecule has 0 spiro atoms. The zero-order chi connectivity index (χ0) is 13.5. The van der Waals surface area contributed by atoms with Crippen LogP contribution in [0.2, 0.25) is 0 Å². The molecule has 0 aromatic rings. The summed E-state index contributed by atoms with van der Waals surface area (Å²) in [6, 6.07) is 0. The molecule has 104 valence electrons. The van der Waals surface area contributed by atoms with Crippen LogP contribution >= 0.6 is 0 Å². The molecular formula is C12H21NO5. The SMILES string of the molecule is COC(=O)CN(CC(=O)OC)CC1CCC(C)O1. The number of hydrogen-bond donors (Lipinski definition) is 0. The second kappa shape index (κ2) is 7.33. The molecule has 0 aromatic carbocycles. The third-order valence-corrected chi connectivity index (χ3v) is 2.94. The summed E-state index contributed by atoms with van der Waals surface area (Å²) in [5.74, 6) is -0.741. The number of methoxy groups -OCH3 is 2. The monoisotopic (exact) mass is 259 g/mol. The van der Waals surface area contributed by atoms with Gasteiger partial charge in [-0.3, -0.25) is 14.5 Å². The Balaban J connectivity index is 2.48. The fourth-order valence-electron chi connectivity index (χ4n) is 1.99. The van der Waals surface area contributed by atoms with Crippen LogP contribution < -0.4 is 0 Å². The first kappa shape index (κ1) is 14.9. The minimum Gasteiger partial charge on any atom is -0.468 e. The van der Waals surface area contributed by atoms with E-state index in [0.29, 0.717) is 6.54 Å². The number of carbonyl (C=O) groups excluding carboxylic acids is 2. The second-order valence-corrected chi connectivity index (χ2v) is 4.47. The fourth-order valence-corrected chi connectivity index (χ4v) is 1.99. The summed E-state index contributed by atoms with van der Waals surface area (Å²) in [6.45, 7) is 2.69. The topological polar surface area (TPSA) is 65.1 Å². The van der Waals surface area contributed by atoms with Gasteiger partial charge in [-0.2, -0.15) is 0 Å². The van der Waals surface area contributed by atoms with Crippen LogP contribution in [-0.4, -0.2) is 62.9 Å². The molecule has 0 radical (unpaired) electrons. The van der Waals surface area contributed by atoms with E-state index in [0.717, 1.165) is 12.8 Å². The normalized spacial score (nSPS) is 23.1. The van der Waals surface area contributed by atoms with E-state index in [1.165, 1.54) is 14.2 Å². The van der Waals surface area contributed by atoms with E-state index in [1.54, 1.807) is 4.90 Å². The van der Waals surface area contributed by atoms with Crippen molar-refractivity contribution in [3.05, 3.63) is 0 Å². The molecule has 0 bridgehead atoms. The molecule has 1 saturated heterocycles. The van der Waals surface area contributed by atoms with Gasteiger partial charge in [0.25, 0.3) is 0 Å². The fraction of sp³-hybridized carbons (Fsp3) is 0.833. The van der Waals surface area contributed by atoms with Crippen molar-refractivity contribution in [2.45, 2.75) is 32.0 Å². The molecule has 0 aliphatic carbocycles. The number of nitrogens with zero attached hydrogens (tertiary/aromatic N) is 1. The Morgan fingerprint density at radius 1 is 1.17 bits per heavy atom. The zero-order valence-corrected chi connectivity index (χ0v) is 11.2. The lowest BCUT2D eigenvalue weighted by atomic mass is 10.2. The number of esters is 2.